The molecule has 1 aliphatic heterocycles. The topological polar surface area (TPSA) is 38.1 Å². The standard InChI is InChI=1S/C22H25N3O/c1-16-7-3-4-8-19(16)22(26)24-13-11-18(12-14-24)15-25-17(2)23-20-9-5-6-10-21(20)25/h3-10,18H,11-15H2,1-2H3. The largest absolute Gasteiger partial charge is 0.339 e. The summed E-state index contributed by atoms with van der Waals surface area (Å²) in [7, 11) is 0. The number of carbonyl (C=O) groups excluding carboxylic acids is 1. The van der Waals surface area contributed by atoms with Gasteiger partial charge in [0.1, 0.15) is 5.82 Å². The summed E-state index contributed by atoms with van der Waals surface area (Å²) in [6, 6.07) is 16.2. The van der Waals surface area contributed by atoms with Crippen LogP contribution < -0.4 is 0 Å². The van der Waals surface area contributed by atoms with Gasteiger partial charge in [0.15, 0.2) is 0 Å². The summed E-state index contributed by atoms with van der Waals surface area (Å²) in [5, 5.41) is 0. The summed E-state index contributed by atoms with van der Waals surface area (Å²) in [5.41, 5.74) is 4.17. The van der Waals surface area contributed by atoms with Crippen LogP contribution in [-0.2, 0) is 6.54 Å². The first-order valence-electron chi connectivity index (χ1n) is 9.40. The maximum Gasteiger partial charge on any atom is 0.254 e. The lowest BCUT2D eigenvalue weighted by Gasteiger charge is -2.32. The lowest BCUT2D eigenvalue weighted by Crippen LogP contribution is -2.39. The molecule has 2 heterocycles. The van der Waals surface area contributed by atoms with Gasteiger partial charge < -0.3 is 9.47 Å². The van der Waals surface area contributed by atoms with Crippen LogP contribution >= 0.6 is 0 Å². The molecule has 4 heteroatoms. The molecule has 4 nitrogen and oxygen atoms in total. The Morgan fingerprint density at radius 1 is 1.04 bits per heavy atom. The highest BCUT2D eigenvalue weighted by atomic mass is 16.2. The smallest absolute Gasteiger partial charge is 0.254 e. The minimum absolute atomic E-state index is 0.172. The highest BCUT2D eigenvalue weighted by Gasteiger charge is 2.25. The van der Waals surface area contributed by atoms with E-state index in [1.165, 1.54) is 5.52 Å². The predicted molar refractivity (Wildman–Crippen MR) is 104 cm³/mol. The molecule has 1 fully saturated rings. The van der Waals surface area contributed by atoms with E-state index in [1.54, 1.807) is 0 Å². The number of carbonyl (C=O) groups is 1. The van der Waals surface area contributed by atoms with E-state index in [0.717, 1.165) is 54.9 Å². The summed E-state index contributed by atoms with van der Waals surface area (Å²) >= 11 is 0. The number of hydrogen-bond acceptors (Lipinski definition) is 2. The van der Waals surface area contributed by atoms with Crippen molar-refractivity contribution in [3.63, 3.8) is 0 Å². The van der Waals surface area contributed by atoms with Gasteiger partial charge in [0.2, 0.25) is 0 Å². The number of imidazole rings is 1. The van der Waals surface area contributed by atoms with Crippen LogP contribution in [0.1, 0.15) is 34.6 Å². The van der Waals surface area contributed by atoms with Crippen molar-refractivity contribution in [3.8, 4) is 0 Å². The summed E-state index contributed by atoms with van der Waals surface area (Å²) in [6.07, 6.45) is 2.09. The fourth-order valence-corrected chi connectivity index (χ4v) is 3.99. The average molecular weight is 347 g/mol. The maximum absolute atomic E-state index is 12.8. The number of piperidine rings is 1. The van der Waals surface area contributed by atoms with E-state index in [9.17, 15) is 4.79 Å². The molecule has 4 rings (SSSR count). The third kappa shape index (κ3) is 3.12. The number of aromatic nitrogens is 2. The molecule has 1 amide bonds. The van der Waals surface area contributed by atoms with Crippen LogP contribution in [0.2, 0.25) is 0 Å². The van der Waals surface area contributed by atoms with Crippen molar-refractivity contribution in [2.45, 2.75) is 33.2 Å². The minimum Gasteiger partial charge on any atom is -0.339 e. The van der Waals surface area contributed by atoms with E-state index in [2.05, 4.69) is 34.7 Å². The van der Waals surface area contributed by atoms with Crippen LogP contribution in [0.15, 0.2) is 48.5 Å². The van der Waals surface area contributed by atoms with Gasteiger partial charge in [-0.25, -0.2) is 4.98 Å². The lowest BCUT2D eigenvalue weighted by atomic mass is 9.95. The molecule has 0 N–H and O–H groups in total. The van der Waals surface area contributed by atoms with Crippen LogP contribution in [0, 0.1) is 19.8 Å². The minimum atomic E-state index is 0.172. The molecule has 0 radical (unpaired) electrons. The zero-order valence-corrected chi connectivity index (χ0v) is 15.5. The number of benzene rings is 2. The fraction of sp³-hybridized carbons (Fsp3) is 0.364. The van der Waals surface area contributed by atoms with Crippen molar-refractivity contribution in [1.29, 1.82) is 0 Å². The normalized spacial score (nSPS) is 15.5. The number of para-hydroxylation sites is 2. The van der Waals surface area contributed by atoms with Gasteiger partial charge in [0.25, 0.3) is 5.91 Å². The number of rotatable bonds is 3. The summed E-state index contributed by atoms with van der Waals surface area (Å²) in [6.45, 7) is 6.75. The first-order chi connectivity index (χ1) is 12.6. The Kier molecular flexibility index (Phi) is 4.49. The summed E-state index contributed by atoms with van der Waals surface area (Å²) < 4.78 is 2.33. The molecule has 0 spiro atoms. The highest BCUT2D eigenvalue weighted by Crippen LogP contribution is 2.24. The predicted octanol–water partition coefficient (Wildman–Crippen LogP) is 4.21. The van der Waals surface area contributed by atoms with E-state index in [-0.39, 0.29) is 5.91 Å². The number of fused-ring (bicyclic) bond motifs is 1. The average Bonchev–Trinajstić information content (AvgIpc) is 2.98. The quantitative estimate of drug-likeness (QED) is 0.712. The van der Waals surface area contributed by atoms with Gasteiger partial charge in [0, 0.05) is 25.2 Å². The van der Waals surface area contributed by atoms with Crippen LogP contribution in [0.3, 0.4) is 0 Å². The Labute approximate surface area is 154 Å². The van der Waals surface area contributed by atoms with Crippen LogP contribution in [0.4, 0.5) is 0 Å². The molecule has 0 unspecified atom stereocenters. The number of nitrogens with zero attached hydrogens (tertiary/aromatic N) is 3. The van der Waals surface area contributed by atoms with E-state index >= 15 is 0 Å². The van der Waals surface area contributed by atoms with Gasteiger partial charge in [-0.3, -0.25) is 4.79 Å². The van der Waals surface area contributed by atoms with Crippen molar-refractivity contribution in [2.75, 3.05) is 13.1 Å². The zero-order chi connectivity index (χ0) is 18.1. The third-order valence-electron chi connectivity index (χ3n) is 5.56. The van der Waals surface area contributed by atoms with Gasteiger partial charge >= 0.3 is 0 Å². The Morgan fingerprint density at radius 2 is 1.73 bits per heavy atom. The summed E-state index contributed by atoms with van der Waals surface area (Å²) in [4.78, 5) is 19.5. The van der Waals surface area contributed by atoms with Crippen molar-refractivity contribution in [3.05, 3.63) is 65.5 Å². The van der Waals surface area contributed by atoms with Crippen LogP contribution in [-0.4, -0.2) is 33.4 Å². The van der Waals surface area contributed by atoms with Crippen LogP contribution in [0.5, 0.6) is 0 Å². The number of hydrogen-bond donors (Lipinski definition) is 0. The van der Waals surface area contributed by atoms with Crippen molar-refractivity contribution in [1.82, 2.24) is 14.5 Å². The van der Waals surface area contributed by atoms with Crippen LogP contribution in [0.25, 0.3) is 11.0 Å². The van der Waals surface area contributed by atoms with Gasteiger partial charge in [-0.05, 0) is 56.4 Å². The van der Waals surface area contributed by atoms with Gasteiger partial charge in [0.05, 0.1) is 11.0 Å². The maximum atomic E-state index is 12.8. The SMILES string of the molecule is Cc1ccccc1C(=O)N1CCC(Cn2c(C)nc3ccccc32)CC1. The second-order valence-electron chi connectivity index (χ2n) is 7.31. The Bertz CT molecular complexity index is 935. The van der Waals surface area contributed by atoms with Gasteiger partial charge in [-0.2, -0.15) is 0 Å². The Balaban J connectivity index is 1.43. The molecule has 1 saturated heterocycles. The monoisotopic (exact) mass is 347 g/mol. The first kappa shape index (κ1) is 16.8. The molecular weight excluding hydrogens is 322 g/mol. The van der Waals surface area contributed by atoms with E-state index in [1.807, 2.05) is 42.2 Å². The van der Waals surface area contributed by atoms with E-state index in [0.29, 0.717) is 5.92 Å². The van der Waals surface area contributed by atoms with Crippen molar-refractivity contribution in [2.24, 2.45) is 5.92 Å². The molecule has 26 heavy (non-hydrogen) atoms. The molecule has 134 valence electrons. The third-order valence-corrected chi connectivity index (χ3v) is 5.56. The van der Waals surface area contributed by atoms with Crippen molar-refractivity contribution >= 4 is 16.9 Å². The number of aryl methyl sites for hydroxylation is 2. The molecule has 2 aromatic carbocycles. The fourth-order valence-electron chi connectivity index (χ4n) is 3.99. The van der Waals surface area contributed by atoms with E-state index in [4.69, 9.17) is 0 Å². The van der Waals surface area contributed by atoms with Crippen molar-refractivity contribution < 1.29 is 4.79 Å². The number of amides is 1. The molecular formula is C22H25N3O. The molecule has 0 aliphatic carbocycles. The molecule has 0 bridgehead atoms. The molecule has 3 aromatic rings. The zero-order valence-electron chi connectivity index (χ0n) is 15.5. The van der Waals surface area contributed by atoms with Gasteiger partial charge in [-0.1, -0.05) is 30.3 Å². The lowest BCUT2D eigenvalue weighted by molar-refractivity contribution is 0.0682. The second kappa shape index (κ2) is 6.94. The second-order valence-corrected chi connectivity index (χ2v) is 7.31. The first-order valence-corrected chi connectivity index (χ1v) is 9.40. The Morgan fingerprint density at radius 3 is 2.50 bits per heavy atom. The van der Waals surface area contributed by atoms with E-state index < -0.39 is 0 Å². The summed E-state index contributed by atoms with van der Waals surface area (Å²) in [5.74, 6) is 1.84. The molecule has 1 aromatic heterocycles. The van der Waals surface area contributed by atoms with Gasteiger partial charge in [-0.15, -0.1) is 0 Å². The Hall–Kier alpha value is -2.62. The molecule has 1 aliphatic rings. The molecule has 0 atom stereocenters. The molecule has 0 saturated carbocycles. The number of likely N-dealkylation sites (tertiary alicyclic amines) is 1. The highest BCUT2D eigenvalue weighted by molar-refractivity contribution is 5.95.